The maximum Gasteiger partial charge on any atom is 0.413 e. The van der Waals surface area contributed by atoms with Crippen LogP contribution in [0.4, 0.5) is 15.4 Å². The lowest BCUT2D eigenvalue weighted by molar-refractivity contribution is -0.772. The number of fused-ring (bicyclic) bond motifs is 1. The molecule has 1 aliphatic heterocycles. The van der Waals surface area contributed by atoms with Crippen LogP contribution in [0.5, 0.6) is 5.75 Å². The van der Waals surface area contributed by atoms with E-state index in [1.807, 2.05) is 10.9 Å². The van der Waals surface area contributed by atoms with Crippen molar-refractivity contribution in [3.05, 3.63) is 78.5 Å². The summed E-state index contributed by atoms with van der Waals surface area (Å²) in [5.41, 5.74) is 0.198. The highest BCUT2D eigenvalue weighted by Crippen LogP contribution is 2.29. The molecular weight excluding hydrogens is 674 g/mol. The molecule has 2 heterocycles. The summed E-state index contributed by atoms with van der Waals surface area (Å²) < 4.78 is 25.5. The molecule has 0 saturated heterocycles. The molecule has 0 radical (unpaired) electrons. The fourth-order valence-corrected chi connectivity index (χ4v) is 4.99. The Morgan fingerprint density at radius 2 is 1.50 bits per heavy atom. The third-order valence-electron chi connectivity index (χ3n) is 7.25. The van der Waals surface area contributed by atoms with Gasteiger partial charge in [0.25, 0.3) is 11.8 Å². The van der Waals surface area contributed by atoms with Crippen LogP contribution in [0.2, 0.25) is 0 Å². The van der Waals surface area contributed by atoms with Gasteiger partial charge in [-0.1, -0.05) is 36.9 Å². The minimum atomic E-state index is -1.46. The lowest BCUT2D eigenvalue weighted by Crippen LogP contribution is -2.43. The van der Waals surface area contributed by atoms with Gasteiger partial charge < -0.3 is 24.3 Å². The van der Waals surface area contributed by atoms with Gasteiger partial charge in [-0.15, -0.1) is 14.4 Å². The smallest absolute Gasteiger partial charge is 0.413 e. The van der Waals surface area contributed by atoms with Crippen molar-refractivity contribution in [3.8, 4) is 16.9 Å². The molecule has 1 aliphatic rings. The lowest BCUT2D eigenvalue weighted by atomic mass is 10.1. The summed E-state index contributed by atoms with van der Waals surface area (Å²) in [7, 11) is 1.77. The number of carbonyl (C=O) groups excluding carboxylic acids is 5. The minimum absolute atomic E-state index is 0.0228. The number of anilines is 1. The Morgan fingerprint density at radius 1 is 0.885 bits per heavy atom. The van der Waals surface area contributed by atoms with E-state index >= 15 is 0 Å². The Balaban J connectivity index is 1.50. The second-order valence-corrected chi connectivity index (χ2v) is 13.8. The normalized spacial score (nSPS) is 13.2. The van der Waals surface area contributed by atoms with Crippen LogP contribution in [0.25, 0.3) is 11.1 Å². The zero-order chi connectivity index (χ0) is 38.2. The van der Waals surface area contributed by atoms with Crippen molar-refractivity contribution in [2.75, 3.05) is 25.1 Å². The molecule has 15 heteroatoms. The second-order valence-electron chi connectivity index (χ2n) is 13.8. The number of aromatic nitrogens is 2. The summed E-state index contributed by atoms with van der Waals surface area (Å²) in [6.07, 6.45) is 1.23. The highest BCUT2D eigenvalue weighted by atomic mass is 16.7. The van der Waals surface area contributed by atoms with E-state index in [0.29, 0.717) is 47.3 Å². The van der Waals surface area contributed by atoms with Crippen LogP contribution >= 0.6 is 0 Å². The summed E-state index contributed by atoms with van der Waals surface area (Å²) in [6, 6.07) is 13.1. The summed E-state index contributed by atoms with van der Waals surface area (Å²) in [5, 5.41) is 6.08. The molecule has 52 heavy (non-hydrogen) atoms. The molecule has 1 atom stereocenters. The third kappa shape index (κ3) is 10.4. The van der Waals surface area contributed by atoms with Crippen molar-refractivity contribution in [1.82, 2.24) is 15.1 Å². The molecule has 278 valence electrons. The molecule has 1 aromatic heterocycles. The summed E-state index contributed by atoms with van der Waals surface area (Å²) >= 11 is 0. The molecule has 0 spiro atoms. The Hall–Kier alpha value is -5.70. The number of alkyl carbamates (subject to hydrolysis) is 1. The number of rotatable bonds is 14. The average molecular weight is 721 g/mol. The Kier molecular flexibility index (Phi) is 12.4. The van der Waals surface area contributed by atoms with Gasteiger partial charge in [-0.2, -0.15) is 0 Å². The Bertz CT molecular complexity index is 1770. The first-order valence-corrected chi connectivity index (χ1v) is 16.7. The van der Waals surface area contributed by atoms with E-state index in [2.05, 4.69) is 17.2 Å². The van der Waals surface area contributed by atoms with Crippen molar-refractivity contribution in [2.24, 2.45) is 7.05 Å². The molecule has 15 nitrogen and oxygen atoms in total. The number of hydroxylamine groups is 2. The van der Waals surface area contributed by atoms with Gasteiger partial charge >= 0.3 is 18.2 Å². The molecule has 0 unspecified atom stereocenters. The van der Waals surface area contributed by atoms with Gasteiger partial charge in [-0.3, -0.25) is 14.9 Å². The van der Waals surface area contributed by atoms with Crippen LogP contribution in [-0.2, 0) is 37.4 Å². The van der Waals surface area contributed by atoms with Crippen LogP contribution < -0.4 is 20.1 Å². The molecule has 3 aromatic rings. The van der Waals surface area contributed by atoms with Crippen molar-refractivity contribution >= 4 is 35.8 Å². The molecule has 2 aromatic carbocycles. The monoisotopic (exact) mass is 720 g/mol. The fraction of sp³-hybridized carbons (Fsp3) is 0.405. The summed E-state index contributed by atoms with van der Waals surface area (Å²) in [5.74, 6) is -1.43. The first-order valence-electron chi connectivity index (χ1n) is 16.7. The van der Waals surface area contributed by atoms with E-state index in [9.17, 15) is 24.0 Å². The van der Waals surface area contributed by atoms with E-state index < -0.39 is 47.3 Å². The summed E-state index contributed by atoms with van der Waals surface area (Å²) in [4.78, 5) is 69.3. The predicted molar refractivity (Wildman–Crippen MR) is 188 cm³/mol. The van der Waals surface area contributed by atoms with Crippen molar-refractivity contribution < 1.29 is 52.4 Å². The Morgan fingerprint density at radius 3 is 2.08 bits per heavy atom. The number of amides is 4. The molecule has 0 bridgehead atoms. The predicted octanol–water partition coefficient (Wildman–Crippen LogP) is 4.95. The summed E-state index contributed by atoms with van der Waals surface area (Å²) in [6.45, 7) is 14.5. The topological polar surface area (TPSA) is 168 Å². The van der Waals surface area contributed by atoms with Gasteiger partial charge in [0, 0.05) is 13.0 Å². The minimum Gasteiger partial charge on any atom is -0.490 e. The molecule has 4 amide bonds. The van der Waals surface area contributed by atoms with Gasteiger partial charge in [0.1, 0.15) is 30.2 Å². The lowest BCUT2D eigenvalue weighted by Gasteiger charge is -2.26. The number of carbonyl (C=O) groups is 5. The van der Waals surface area contributed by atoms with E-state index in [1.54, 1.807) is 89.7 Å². The van der Waals surface area contributed by atoms with Crippen molar-refractivity contribution in [1.29, 1.82) is 0 Å². The van der Waals surface area contributed by atoms with Crippen molar-refractivity contribution in [2.45, 2.75) is 71.8 Å². The average Bonchev–Trinajstić information content (AvgIpc) is 3.50. The van der Waals surface area contributed by atoms with Gasteiger partial charge in [0.05, 0.1) is 23.7 Å². The van der Waals surface area contributed by atoms with E-state index in [4.69, 9.17) is 23.8 Å². The first-order chi connectivity index (χ1) is 24.5. The SMILES string of the molecule is C=CCOC(=O)Nc1c(-c2ccc(OC[C@H](ON3C(=O)c4ccccc4C3=O)C(=O)OC(C)(C)C)cc2)c[n+](CCCNC(=O)OC(C)(C)C)n1C. The van der Waals surface area contributed by atoms with Crippen LogP contribution in [0.15, 0.2) is 67.4 Å². The fourth-order valence-electron chi connectivity index (χ4n) is 4.99. The molecular formula is C37H46N5O10+. The maximum absolute atomic E-state index is 13.1. The van der Waals surface area contributed by atoms with E-state index in [1.165, 1.54) is 18.2 Å². The van der Waals surface area contributed by atoms with Gasteiger partial charge in [0.15, 0.2) is 12.4 Å². The number of imide groups is 1. The van der Waals surface area contributed by atoms with E-state index in [0.717, 1.165) is 0 Å². The number of nitrogens with zero attached hydrogens (tertiary/aromatic N) is 3. The molecule has 2 N–H and O–H groups in total. The van der Waals surface area contributed by atoms with Gasteiger partial charge in [-0.25, -0.2) is 19.2 Å². The zero-order valence-corrected chi connectivity index (χ0v) is 30.5. The zero-order valence-electron chi connectivity index (χ0n) is 30.5. The number of aryl methyl sites for hydroxylation is 1. The standard InChI is InChI=1S/C37H45N5O10/c1-9-21-48-35(47)39-30-28(22-41(40(30)8)20-12-19-38-34(46)51-37(5,6)7)24-15-17-25(18-16-24)49-23-29(33(45)50-36(2,3)4)52-42-31(43)26-13-10-11-14-27(26)32(42)44/h9-11,13-18,22,29H,1,12,19-21,23H2,2-8H3,(H,38,46)/p+1/t29-/m0/s1. The number of hydrogen-bond acceptors (Lipinski definition) is 10. The van der Waals surface area contributed by atoms with Crippen LogP contribution in [0, 0.1) is 0 Å². The highest BCUT2D eigenvalue weighted by molar-refractivity contribution is 6.20. The van der Waals surface area contributed by atoms with Gasteiger partial charge in [0.2, 0.25) is 12.3 Å². The largest absolute Gasteiger partial charge is 0.490 e. The molecule has 0 saturated carbocycles. The van der Waals surface area contributed by atoms with Crippen molar-refractivity contribution in [3.63, 3.8) is 0 Å². The highest BCUT2D eigenvalue weighted by Gasteiger charge is 2.40. The number of ether oxygens (including phenoxy) is 4. The Labute approximate surface area is 302 Å². The molecule has 4 rings (SSSR count). The van der Waals surface area contributed by atoms with E-state index in [-0.39, 0.29) is 24.3 Å². The first kappa shape index (κ1) is 39.1. The maximum atomic E-state index is 13.1. The molecule has 0 aliphatic carbocycles. The number of benzene rings is 2. The number of nitrogens with one attached hydrogen (secondary N) is 2. The molecule has 0 fully saturated rings. The van der Waals surface area contributed by atoms with Crippen LogP contribution in [0.3, 0.4) is 0 Å². The third-order valence-corrected chi connectivity index (χ3v) is 7.25. The van der Waals surface area contributed by atoms with Crippen LogP contribution in [-0.4, -0.2) is 76.8 Å². The van der Waals surface area contributed by atoms with Gasteiger partial charge in [-0.05, 0) is 71.4 Å². The number of esters is 1. The van der Waals surface area contributed by atoms with Crippen LogP contribution in [0.1, 0.15) is 68.7 Å². The number of hydrogen-bond donors (Lipinski definition) is 2. The second kappa shape index (κ2) is 16.5. The quantitative estimate of drug-likeness (QED) is 0.0581.